The van der Waals surface area contributed by atoms with Crippen molar-refractivity contribution in [2.75, 3.05) is 5.75 Å². The first kappa shape index (κ1) is 10.4. The maximum Gasteiger partial charge on any atom is 0.417 e. The molecule has 0 atom stereocenters. The van der Waals surface area contributed by atoms with E-state index < -0.39 is 11.7 Å². The number of thioether (sulfide) groups is 1. The van der Waals surface area contributed by atoms with E-state index in [0.717, 1.165) is 24.0 Å². The molecule has 0 fully saturated rings. The summed E-state index contributed by atoms with van der Waals surface area (Å²) in [7, 11) is 0. The molecule has 5 heteroatoms. The topological polar surface area (TPSA) is 12.9 Å². The van der Waals surface area contributed by atoms with E-state index in [4.69, 9.17) is 0 Å². The number of alkyl halides is 3. The number of rotatable bonds is 2. The fourth-order valence-electron chi connectivity index (χ4n) is 0.885. The Morgan fingerprint density at radius 2 is 2.15 bits per heavy atom. The summed E-state index contributed by atoms with van der Waals surface area (Å²) in [6.45, 7) is 1.80. The van der Waals surface area contributed by atoms with Crippen LogP contribution in [0.4, 0.5) is 13.2 Å². The lowest BCUT2D eigenvalue weighted by Crippen LogP contribution is -2.06. The molecule has 1 aromatic heterocycles. The smallest absolute Gasteiger partial charge is 0.264 e. The van der Waals surface area contributed by atoms with Crippen LogP contribution >= 0.6 is 11.8 Å². The molecule has 13 heavy (non-hydrogen) atoms. The van der Waals surface area contributed by atoms with Gasteiger partial charge in [0.25, 0.3) is 0 Å². The van der Waals surface area contributed by atoms with Crippen molar-refractivity contribution in [3.8, 4) is 0 Å². The van der Waals surface area contributed by atoms with E-state index in [9.17, 15) is 13.2 Å². The zero-order valence-corrected chi connectivity index (χ0v) is 7.75. The summed E-state index contributed by atoms with van der Waals surface area (Å²) in [5.41, 5.74) is -0.602. The van der Waals surface area contributed by atoms with Crippen LogP contribution in [0.2, 0.25) is 0 Å². The minimum atomic E-state index is -4.28. The Hall–Kier alpha value is -0.710. The van der Waals surface area contributed by atoms with Gasteiger partial charge in [-0.2, -0.15) is 13.2 Å². The van der Waals surface area contributed by atoms with Gasteiger partial charge in [-0.05, 0) is 11.8 Å². The Labute approximate surface area is 78.4 Å². The summed E-state index contributed by atoms with van der Waals surface area (Å²) in [6, 6.07) is 0.998. The summed E-state index contributed by atoms with van der Waals surface area (Å²) in [5.74, 6) is 0.606. The van der Waals surface area contributed by atoms with E-state index in [1.54, 1.807) is 6.92 Å². The normalized spacial score (nSPS) is 11.7. The Morgan fingerprint density at radius 3 is 2.69 bits per heavy atom. The third-order valence-corrected chi connectivity index (χ3v) is 2.31. The van der Waals surface area contributed by atoms with Gasteiger partial charge in [0.05, 0.1) is 5.56 Å². The van der Waals surface area contributed by atoms with Crippen molar-refractivity contribution in [1.29, 1.82) is 0 Å². The Kier molecular flexibility index (Phi) is 3.19. The number of hydrogen-bond acceptors (Lipinski definition) is 2. The van der Waals surface area contributed by atoms with Crippen LogP contribution in [0.25, 0.3) is 0 Å². The molecular formula is C8H8F3NS. The summed E-state index contributed by atoms with van der Waals surface area (Å²) < 4.78 is 37.0. The van der Waals surface area contributed by atoms with E-state index >= 15 is 0 Å². The van der Waals surface area contributed by atoms with Crippen molar-refractivity contribution in [2.45, 2.75) is 18.0 Å². The van der Waals surface area contributed by atoms with Gasteiger partial charge >= 0.3 is 6.18 Å². The molecule has 0 radical (unpaired) electrons. The number of halogens is 3. The van der Waals surface area contributed by atoms with Crippen molar-refractivity contribution in [3.05, 3.63) is 24.0 Å². The quantitative estimate of drug-likeness (QED) is 0.690. The monoisotopic (exact) mass is 207 g/mol. The molecular weight excluding hydrogens is 199 g/mol. The van der Waals surface area contributed by atoms with Crippen LogP contribution in [0.3, 0.4) is 0 Å². The standard InChI is InChI=1S/C8H8F3NS/c1-2-13-7-5-12-4-3-6(7)8(9,10)11/h3-5H,2H2,1H3. The van der Waals surface area contributed by atoms with E-state index in [0.29, 0.717) is 5.75 Å². The van der Waals surface area contributed by atoms with E-state index in [-0.39, 0.29) is 4.90 Å². The molecule has 0 N–H and O–H groups in total. The molecule has 0 spiro atoms. The highest BCUT2D eigenvalue weighted by atomic mass is 32.2. The SMILES string of the molecule is CCSc1cnccc1C(F)(F)F. The molecule has 0 aliphatic carbocycles. The fraction of sp³-hybridized carbons (Fsp3) is 0.375. The highest BCUT2D eigenvalue weighted by Crippen LogP contribution is 2.35. The van der Waals surface area contributed by atoms with Crippen LogP contribution in [-0.4, -0.2) is 10.7 Å². The van der Waals surface area contributed by atoms with Gasteiger partial charge in [0.15, 0.2) is 0 Å². The number of aromatic nitrogens is 1. The molecule has 1 heterocycles. The first-order chi connectivity index (χ1) is 6.05. The number of nitrogens with zero attached hydrogens (tertiary/aromatic N) is 1. The lowest BCUT2D eigenvalue weighted by atomic mass is 10.3. The van der Waals surface area contributed by atoms with Gasteiger partial charge < -0.3 is 0 Å². The highest BCUT2D eigenvalue weighted by molar-refractivity contribution is 7.99. The second-order valence-electron chi connectivity index (χ2n) is 2.30. The minimum Gasteiger partial charge on any atom is -0.264 e. The molecule has 0 unspecified atom stereocenters. The van der Waals surface area contributed by atoms with E-state index in [1.165, 1.54) is 6.20 Å². The Bertz CT molecular complexity index is 285. The van der Waals surface area contributed by atoms with E-state index in [2.05, 4.69) is 4.98 Å². The van der Waals surface area contributed by atoms with Gasteiger partial charge in [-0.15, -0.1) is 11.8 Å². The van der Waals surface area contributed by atoms with Gasteiger partial charge in [-0.1, -0.05) is 6.92 Å². The maximum absolute atomic E-state index is 12.3. The van der Waals surface area contributed by atoms with Gasteiger partial charge in [0.2, 0.25) is 0 Å². The van der Waals surface area contributed by atoms with Gasteiger partial charge in [-0.25, -0.2) is 0 Å². The maximum atomic E-state index is 12.3. The van der Waals surface area contributed by atoms with Crippen LogP contribution in [0.5, 0.6) is 0 Å². The van der Waals surface area contributed by atoms with Crippen molar-refractivity contribution in [2.24, 2.45) is 0 Å². The van der Waals surface area contributed by atoms with Crippen LogP contribution < -0.4 is 0 Å². The van der Waals surface area contributed by atoms with Crippen LogP contribution in [-0.2, 0) is 6.18 Å². The minimum absolute atomic E-state index is 0.192. The summed E-state index contributed by atoms with van der Waals surface area (Å²) in [4.78, 5) is 3.85. The Balaban J connectivity index is 3.05. The van der Waals surface area contributed by atoms with E-state index in [1.807, 2.05) is 0 Å². The lowest BCUT2D eigenvalue weighted by Gasteiger charge is -2.10. The second kappa shape index (κ2) is 4.00. The molecule has 72 valence electrons. The average Bonchev–Trinajstić information content (AvgIpc) is 2.04. The van der Waals surface area contributed by atoms with Crippen molar-refractivity contribution in [1.82, 2.24) is 4.98 Å². The molecule has 0 aromatic carbocycles. The van der Waals surface area contributed by atoms with Crippen LogP contribution in [0.15, 0.2) is 23.4 Å². The highest BCUT2D eigenvalue weighted by Gasteiger charge is 2.33. The molecule has 0 aliphatic rings. The van der Waals surface area contributed by atoms with Crippen LogP contribution in [0.1, 0.15) is 12.5 Å². The second-order valence-corrected chi connectivity index (χ2v) is 3.61. The Morgan fingerprint density at radius 1 is 1.46 bits per heavy atom. The first-order valence-corrected chi connectivity index (χ1v) is 4.68. The fourth-order valence-corrected chi connectivity index (χ4v) is 1.67. The molecule has 1 rings (SSSR count). The molecule has 0 amide bonds. The lowest BCUT2D eigenvalue weighted by molar-refractivity contribution is -0.139. The van der Waals surface area contributed by atoms with Crippen molar-refractivity contribution < 1.29 is 13.2 Å². The average molecular weight is 207 g/mol. The summed E-state index contributed by atoms with van der Waals surface area (Å²) >= 11 is 1.15. The third kappa shape index (κ3) is 2.62. The van der Waals surface area contributed by atoms with Gasteiger partial charge in [0.1, 0.15) is 0 Å². The summed E-state index contributed by atoms with van der Waals surface area (Å²) in [5, 5.41) is 0. The molecule has 1 aromatic rings. The largest absolute Gasteiger partial charge is 0.417 e. The molecule has 0 saturated carbocycles. The molecule has 0 aliphatic heterocycles. The van der Waals surface area contributed by atoms with Gasteiger partial charge in [0, 0.05) is 17.3 Å². The predicted molar refractivity (Wildman–Crippen MR) is 45.6 cm³/mol. The first-order valence-electron chi connectivity index (χ1n) is 3.69. The zero-order valence-electron chi connectivity index (χ0n) is 6.93. The molecule has 0 saturated heterocycles. The predicted octanol–water partition coefficient (Wildman–Crippen LogP) is 3.21. The van der Waals surface area contributed by atoms with Crippen molar-refractivity contribution in [3.63, 3.8) is 0 Å². The number of pyridine rings is 1. The third-order valence-electron chi connectivity index (χ3n) is 1.39. The molecule has 1 nitrogen and oxygen atoms in total. The zero-order chi connectivity index (χ0) is 9.90. The summed E-state index contributed by atoms with van der Waals surface area (Å²) in [6.07, 6.45) is -1.88. The van der Waals surface area contributed by atoms with Crippen LogP contribution in [0, 0.1) is 0 Å². The number of hydrogen-bond donors (Lipinski definition) is 0. The van der Waals surface area contributed by atoms with Gasteiger partial charge in [-0.3, -0.25) is 4.98 Å². The molecule has 0 bridgehead atoms. The van der Waals surface area contributed by atoms with Crippen molar-refractivity contribution >= 4 is 11.8 Å².